The molecule has 1 unspecified atom stereocenters. The smallest absolute Gasteiger partial charge is 0.0831 e. The fourth-order valence-electron chi connectivity index (χ4n) is 4.02. The molecule has 0 aromatic heterocycles. The number of halogens is 1. The molecule has 1 heterocycles. The summed E-state index contributed by atoms with van der Waals surface area (Å²) in [6.07, 6.45) is 2.72. The van der Waals surface area contributed by atoms with E-state index in [-0.39, 0.29) is 6.04 Å². The number of anilines is 1. The zero-order valence-electron chi connectivity index (χ0n) is 18.4. The van der Waals surface area contributed by atoms with Gasteiger partial charge in [-0.05, 0) is 53.9 Å². The molecule has 1 aliphatic heterocycles. The molecule has 0 fully saturated rings. The molecule has 1 aliphatic rings. The van der Waals surface area contributed by atoms with E-state index >= 15 is 0 Å². The first-order valence-corrected chi connectivity index (χ1v) is 11.4. The SMILES string of the molecule is Cc1ccc(C2=NN(c3ccc(C=Nc4cccc(Cl)c4)cc3)C(c3ccccc3)C2)cc1. The van der Waals surface area contributed by atoms with E-state index in [0.717, 1.165) is 29.1 Å². The Hall–Kier alpha value is -3.69. The summed E-state index contributed by atoms with van der Waals surface area (Å²) in [5, 5.41) is 7.88. The Morgan fingerprint density at radius 3 is 2.36 bits per heavy atom. The Balaban J connectivity index is 1.43. The number of benzene rings is 4. The minimum atomic E-state index is 0.161. The van der Waals surface area contributed by atoms with Crippen molar-refractivity contribution in [1.82, 2.24) is 0 Å². The quantitative estimate of drug-likeness (QED) is 0.286. The molecule has 5 rings (SSSR count). The second-order valence-electron chi connectivity index (χ2n) is 8.22. The highest BCUT2D eigenvalue weighted by molar-refractivity contribution is 6.30. The van der Waals surface area contributed by atoms with E-state index in [0.29, 0.717) is 5.02 Å². The van der Waals surface area contributed by atoms with Crippen LogP contribution < -0.4 is 5.01 Å². The van der Waals surface area contributed by atoms with Gasteiger partial charge in [0, 0.05) is 17.7 Å². The van der Waals surface area contributed by atoms with Gasteiger partial charge in [-0.1, -0.05) is 90.0 Å². The van der Waals surface area contributed by atoms with Crippen LogP contribution in [-0.4, -0.2) is 11.9 Å². The molecule has 0 aliphatic carbocycles. The van der Waals surface area contributed by atoms with Crippen molar-refractivity contribution >= 4 is 34.9 Å². The van der Waals surface area contributed by atoms with Crippen molar-refractivity contribution < 1.29 is 0 Å². The summed E-state index contributed by atoms with van der Waals surface area (Å²) in [6, 6.07) is 35.3. The van der Waals surface area contributed by atoms with Crippen molar-refractivity contribution in [3.05, 3.63) is 130 Å². The van der Waals surface area contributed by atoms with E-state index in [1.54, 1.807) is 0 Å². The Bertz CT molecular complexity index is 1290. The standard InChI is InChI=1S/C29H24ClN3/c1-21-10-14-23(15-11-21)28-19-29(24-6-3-2-4-7-24)33(32-28)27-16-12-22(13-17-27)20-31-26-9-5-8-25(30)18-26/h2-18,20,29H,19H2,1H3. The molecule has 1 atom stereocenters. The lowest BCUT2D eigenvalue weighted by molar-refractivity contribution is 0.709. The number of aliphatic imine (C=N–C) groups is 1. The topological polar surface area (TPSA) is 28.0 Å². The lowest BCUT2D eigenvalue weighted by Crippen LogP contribution is -2.18. The van der Waals surface area contributed by atoms with Crippen LogP contribution in [0.5, 0.6) is 0 Å². The van der Waals surface area contributed by atoms with Crippen LogP contribution in [0.3, 0.4) is 0 Å². The Kier molecular flexibility index (Phi) is 6.05. The zero-order valence-corrected chi connectivity index (χ0v) is 19.2. The van der Waals surface area contributed by atoms with E-state index in [9.17, 15) is 0 Å². The molecule has 0 radical (unpaired) electrons. The van der Waals surface area contributed by atoms with Crippen molar-refractivity contribution in [2.45, 2.75) is 19.4 Å². The molecule has 0 spiro atoms. The van der Waals surface area contributed by atoms with E-state index in [1.807, 2.05) is 30.5 Å². The normalized spacial score (nSPS) is 15.8. The molecule has 4 heteroatoms. The molecule has 4 aromatic rings. The molecule has 0 amide bonds. The monoisotopic (exact) mass is 449 g/mol. The number of nitrogens with zero attached hydrogens (tertiary/aromatic N) is 3. The highest BCUT2D eigenvalue weighted by Crippen LogP contribution is 2.36. The van der Waals surface area contributed by atoms with Gasteiger partial charge in [0.05, 0.1) is 23.1 Å². The lowest BCUT2D eigenvalue weighted by atomic mass is 9.98. The molecular formula is C29H24ClN3. The molecule has 0 N–H and O–H groups in total. The van der Waals surface area contributed by atoms with Gasteiger partial charge in [-0.3, -0.25) is 10.0 Å². The third kappa shape index (κ3) is 4.89. The van der Waals surface area contributed by atoms with Gasteiger partial charge in [0.25, 0.3) is 0 Å². The average Bonchev–Trinajstić information content (AvgIpc) is 3.30. The van der Waals surface area contributed by atoms with E-state index < -0.39 is 0 Å². The van der Waals surface area contributed by atoms with Crippen molar-refractivity contribution in [2.24, 2.45) is 10.1 Å². The van der Waals surface area contributed by atoms with Gasteiger partial charge in [0.2, 0.25) is 0 Å². The number of aryl methyl sites for hydroxylation is 1. The van der Waals surface area contributed by atoms with Gasteiger partial charge in [-0.15, -0.1) is 0 Å². The van der Waals surface area contributed by atoms with Crippen molar-refractivity contribution in [1.29, 1.82) is 0 Å². The third-order valence-corrected chi connectivity index (χ3v) is 6.04. The summed E-state index contributed by atoms with van der Waals surface area (Å²) in [6.45, 7) is 2.11. The van der Waals surface area contributed by atoms with Crippen molar-refractivity contribution in [3.8, 4) is 0 Å². The molecule has 0 saturated carbocycles. The predicted molar refractivity (Wildman–Crippen MR) is 139 cm³/mol. The van der Waals surface area contributed by atoms with Crippen LogP contribution in [0.15, 0.2) is 113 Å². The molecule has 4 aromatic carbocycles. The van der Waals surface area contributed by atoms with Crippen molar-refractivity contribution in [2.75, 3.05) is 5.01 Å². The third-order valence-electron chi connectivity index (χ3n) is 5.81. The number of hydrogen-bond acceptors (Lipinski definition) is 3. The summed E-state index contributed by atoms with van der Waals surface area (Å²) < 4.78 is 0. The summed E-state index contributed by atoms with van der Waals surface area (Å²) in [4.78, 5) is 4.54. The maximum atomic E-state index is 6.06. The first-order valence-electron chi connectivity index (χ1n) is 11.0. The molecule has 0 saturated heterocycles. The minimum Gasteiger partial charge on any atom is -0.257 e. The number of rotatable bonds is 5. The summed E-state index contributed by atoms with van der Waals surface area (Å²) in [7, 11) is 0. The van der Waals surface area contributed by atoms with E-state index in [2.05, 4.69) is 95.8 Å². The van der Waals surface area contributed by atoms with Crippen LogP contribution >= 0.6 is 11.6 Å². The zero-order chi connectivity index (χ0) is 22.6. The minimum absolute atomic E-state index is 0.161. The highest BCUT2D eigenvalue weighted by Gasteiger charge is 2.29. The molecule has 0 bridgehead atoms. The van der Waals surface area contributed by atoms with Crippen LogP contribution in [0.4, 0.5) is 11.4 Å². The van der Waals surface area contributed by atoms with Gasteiger partial charge < -0.3 is 0 Å². The Morgan fingerprint density at radius 1 is 0.879 bits per heavy atom. The second-order valence-corrected chi connectivity index (χ2v) is 8.65. The van der Waals surface area contributed by atoms with Gasteiger partial charge in [-0.2, -0.15) is 5.10 Å². The largest absolute Gasteiger partial charge is 0.257 e. The van der Waals surface area contributed by atoms with E-state index in [1.165, 1.54) is 16.7 Å². The highest BCUT2D eigenvalue weighted by atomic mass is 35.5. The summed E-state index contributed by atoms with van der Waals surface area (Å²) >= 11 is 6.06. The van der Waals surface area contributed by atoms with Crippen LogP contribution in [0.25, 0.3) is 0 Å². The van der Waals surface area contributed by atoms with Gasteiger partial charge in [0.15, 0.2) is 0 Å². The van der Waals surface area contributed by atoms with Gasteiger partial charge >= 0.3 is 0 Å². The maximum absolute atomic E-state index is 6.06. The first-order chi connectivity index (χ1) is 16.2. The predicted octanol–water partition coefficient (Wildman–Crippen LogP) is 7.75. The Morgan fingerprint density at radius 2 is 1.64 bits per heavy atom. The van der Waals surface area contributed by atoms with Crippen LogP contribution in [0.1, 0.15) is 34.7 Å². The fraction of sp³-hybridized carbons (Fsp3) is 0.103. The van der Waals surface area contributed by atoms with Gasteiger partial charge in [-0.25, -0.2) is 0 Å². The number of hydrogen-bond donors (Lipinski definition) is 0. The molecule has 3 nitrogen and oxygen atoms in total. The van der Waals surface area contributed by atoms with Crippen LogP contribution in [0.2, 0.25) is 5.02 Å². The molecule has 162 valence electrons. The molecular weight excluding hydrogens is 426 g/mol. The first kappa shape index (κ1) is 21.2. The van der Waals surface area contributed by atoms with Crippen molar-refractivity contribution in [3.63, 3.8) is 0 Å². The van der Waals surface area contributed by atoms with Gasteiger partial charge in [0.1, 0.15) is 0 Å². The number of hydrazone groups is 1. The average molecular weight is 450 g/mol. The van der Waals surface area contributed by atoms with Crippen LogP contribution in [-0.2, 0) is 0 Å². The maximum Gasteiger partial charge on any atom is 0.0831 e. The molecule has 33 heavy (non-hydrogen) atoms. The summed E-state index contributed by atoms with van der Waals surface area (Å²) in [5.41, 5.74) is 7.72. The van der Waals surface area contributed by atoms with E-state index in [4.69, 9.17) is 16.7 Å². The second kappa shape index (κ2) is 9.43. The Labute approximate surface area is 199 Å². The summed E-state index contributed by atoms with van der Waals surface area (Å²) in [5.74, 6) is 0. The fourth-order valence-corrected chi connectivity index (χ4v) is 4.21. The van der Waals surface area contributed by atoms with Crippen LogP contribution in [0, 0.1) is 6.92 Å². The lowest BCUT2D eigenvalue weighted by Gasteiger charge is -2.24.